The van der Waals surface area contributed by atoms with Crippen LogP contribution in [0, 0.1) is 0 Å². The van der Waals surface area contributed by atoms with Crippen molar-refractivity contribution in [2.45, 2.75) is 12.8 Å². The first-order valence-electron chi connectivity index (χ1n) is 4.82. The highest BCUT2D eigenvalue weighted by atomic mass is 16.2. The van der Waals surface area contributed by atoms with Gasteiger partial charge in [0.1, 0.15) is 0 Å². The topological polar surface area (TPSA) is 58.2 Å². The minimum absolute atomic E-state index is 0.0510. The molecule has 0 saturated heterocycles. The molecule has 0 radical (unpaired) electrons. The van der Waals surface area contributed by atoms with Crippen LogP contribution in [0.15, 0.2) is 24.3 Å². The van der Waals surface area contributed by atoms with Crippen LogP contribution in [0.4, 0.5) is 5.69 Å². The Bertz CT molecular complexity index is 415. The predicted molar refractivity (Wildman–Crippen MR) is 56.5 cm³/mol. The summed E-state index contributed by atoms with van der Waals surface area (Å²) in [6, 6.07) is 7.53. The number of hydrogen-bond donors (Lipinski definition) is 2. The van der Waals surface area contributed by atoms with Gasteiger partial charge in [-0.05, 0) is 11.6 Å². The molecular formula is C11H12N2O2. The van der Waals surface area contributed by atoms with E-state index in [-0.39, 0.29) is 17.7 Å². The lowest BCUT2D eigenvalue weighted by atomic mass is 10.0. The van der Waals surface area contributed by atoms with E-state index < -0.39 is 0 Å². The van der Waals surface area contributed by atoms with Gasteiger partial charge in [0.15, 0.2) is 0 Å². The third-order valence-corrected chi connectivity index (χ3v) is 2.47. The molecule has 1 aromatic carbocycles. The van der Waals surface area contributed by atoms with Gasteiger partial charge in [0.05, 0.1) is 5.92 Å². The van der Waals surface area contributed by atoms with E-state index in [4.69, 9.17) is 0 Å². The second-order valence-electron chi connectivity index (χ2n) is 3.57. The maximum atomic E-state index is 11.6. The van der Waals surface area contributed by atoms with Gasteiger partial charge in [-0.25, -0.2) is 0 Å². The fraction of sp³-hybridized carbons (Fsp3) is 0.273. The van der Waals surface area contributed by atoms with Gasteiger partial charge in [-0.15, -0.1) is 0 Å². The summed E-state index contributed by atoms with van der Waals surface area (Å²) in [6.07, 6.45) is 0. The summed E-state index contributed by atoms with van der Waals surface area (Å²) in [4.78, 5) is 22.4. The van der Waals surface area contributed by atoms with Crippen LogP contribution in [-0.2, 0) is 9.59 Å². The number of hydrogen-bond acceptors (Lipinski definition) is 2. The molecule has 1 aliphatic heterocycles. The van der Waals surface area contributed by atoms with Gasteiger partial charge in [-0.2, -0.15) is 0 Å². The van der Waals surface area contributed by atoms with Crippen molar-refractivity contribution in [2.24, 2.45) is 0 Å². The number of carbonyl (C=O) groups is 2. The molecule has 4 heteroatoms. The van der Waals surface area contributed by atoms with Gasteiger partial charge >= 0.3 is 0 Å². The zero-order chi connectivity index (χ0) is 10.8. The third kappa shape index (κ3) is 1.83. The molecule has 0 bridgehead atoms. The molecule has 0 saturated carbocycles. The van der Waals surface area contributed by atoms with Crippen LogP contribution in [0.1, 0.15) is 18.4 Å². The lowest BCUT2D eigenvalue weighted by Crippen LogP contribution is -2.29. The van der Waals surface area contributed by atoms with Crippen molar-refractivity contribution >= 4 is 17.5 Å². The Morgan fingerprint density at radius 2 is 2.20 bits per heavy atom. The van der Waals surface area contributed by atoms with E-state index in [9.17, 15) is 9.59 Å². The number of rotatable bonds is 2. The van der Waals surface area contributed by atoms with Gasteiger partial charge < -0.3 is 10.6 Å². The molecule has 2 amide bonds. The molecule has 1 atom stereocenters. The van der Waals surface area contributed by atoms with Gasteiger partial charge in [0.2, 0.25) is 11.8 Å². The Labute approximate surface area is 87.7 Å². The highest BCUT2D eigenvalue weighted by molar-refractivity contribution is 6.03. The number of carbonyl (C=O) groups excluding carboxylic acids is 2. The molecule has 1 heterocycles. The van der Waals surface area contributed by atoms with Crippen molar-refractivity contribution in [2.75, 3.05) is 11.9 Å². The molecule has 4 nitrogen and oxygen atoms in total. The van der Waals surface area contributed by atoms with Crippen LogP contribution in [-0.4, -0.2) is 18.4 Å². The molecule has 2 N–H and O–H groups in total. The Morgan fingerprint density at radius 3 is 2.93 bits per heavy atom. The summed E-state index contributed by atoms with van der Waals surface area (Å²) >= 11 is 0. The Morgan fingerprint density at radius 1 is 1.47 bits per heavy atom. The van der Waals surface area contributed by atoms with E-state index in [0.717, 1.165) is 11.3 Å². The largest absolute Gasteiger partial charge is 0.355 e. The first-order chi connectivity index (χ1) is 7.18. The Balaban J connectivity index is 2.18. The fourth-order valence-electron chi connectivity index (χ4n) is 1.72. The first kappa shape index (κ1) is 9.71. The summed E-state index contributed by atoms with van der Waals surface area (Å²) in [6.45, 7) is 1.80. The number of para-hydroxylation sites is 1. The van der Waals surface area contributed by atoms with Gasteiger partial charge in [0, 0.05) is 19.2 Å². The van der Waals surface area contributed by atoms with Crippen molar-refractivity contribution in [1.29, 1.82) is 0 Å². The third-order valence-electron chi connectivity index (χ3n) is 2.47. The zero-order valence-corrected chi connectivity index (χ0v) is 8.41. The monoisotopic (exact) mass is 204 g/mol. The quantitative estimate of drug-likeness (QED) is 0.750. The fourth-order valence-corrected chi connectivity index (χ4v) is 1.72. The molecule has 1 aromatic rings. The SMILES string of the molecule is CC(=O)NC[C@@H]1C(=O)Nc2ccccc21. The smallest absolute Gasteiger partial charge is 0.233 e. The lowest BCUT2D eigenvalue weighted by Gasteiger charge is -2.08. The molecule has 0 aliphatic carbocycles. The van der Waals surface area contributed by atoms with Crippen LogP contribution in [0.3, 0.4) is 0 Å². The van der Waals surface area contributed by atoms with E-state index in [0.29, 0.717) is 6.54 Å². The second kappa shape index (κ2) is 3.73. The van der Waals surface area contributed by atoms with Crippen molar-refractivity contribution in [3.05, 3.63) is 29.8 Å². The van der Waals surface area contributed by atoms with Crippen LogP contribution >= 0.6 is 0 Å². The molecular weight excluding hydrogens is 192 g/mol. The molecule has 0 fully saturated rings. The van der Waals surface area contributed by atoms with E-state index in [1.54, 1.807) is 0 Å². The van der Waals surface area contributed by atoms with Crippen LogP contribution < -0.4 is 10.6 Å². The van der Waals surface area contributed by atoms with Crippen molar-refractivity contribution in [3.63, 3.8) is 0 Å². The molecule has 0 unspecified atom stereocenters. The Hall–Kier alpha value is -1.84. The van der Waals surface area contributed by atoms with Crippen LogP contribution in [0.2, 0.25) is 0 Å². The van der Waals surface area contributed by atoms with E-state index >= 15 is 0 Å². The molecule has 78 valence electrons. The van der Waals surface area contributed by atoms with E-state index in [1.807, 2.05) is 24.3 Å². The number of fused-ring (bicyclic) bond motifs is 1. The summed E-state index contributed by atoms with van der Waals surface area (Å²) < 4.78 is 0. The summed E-state index contributed by atoms with van der Waals surface area (Å²) in [7, 11) is 0. The standard InChI is InChI=1S/C11H12N2O2/c1-7(14)12-6-9-8-4-2-3-5-10(8)13-11(9)15/h2-5,9H,6H2,1H3,(H,12,14)(H,13,15)/t9-/m0/s1. The first-order valence-corrected chi connectivity index (χ1v) is 4.82. The maximum Gasteiger partial charge on any atom is 0.233 e. The lowest BCUT2D eigenvalue weighted by molar-refractivity contribution is -0.119. The molecule has 2 rings (SSSR count). The van der Waals surface area contributed by atoms with E-state index in [2.05, 4.69) is 10.6 Å². The number of anilines is 1. The minimum atomic E-state index is -0.259. The van der Waals surface area contributed by atoms with Gasteiger partial charge in [0.25, 0.3) is 0 Å². The van der Waals surface area contributed by atoms with Crippen LogP contribution in [0.25, 0.3) is 0 Å². The number of amides is 2. The van der Waals surface area contributed by atoms with Crippen molar-refractivity contribution < 1.29 is 9.59 Å². The van der Waals surface area contributed by atoms with Gasteiger partial charge in [-0.1, -0.05) is 18.2 Å². The second-order valence-corrected chi connectivity index (χ2v) is 3.57. The average Bonchev–Trinajstić information content (AvgIpc) is 2.50. The van der Waals surface area contributed by atoms with Crippen LogP contribution in [0.5, 0.6) is 0 Å². The number of nitrogens with one attached hydrogen (secondary N) is 2. The normalized spacial score (nSPS) is 18.2. The number of benzene rings is 1. The summed E-state index contributed by atoms with van der Waals surface area (Å²) in [5.41, 5.74) is 1.80. The van der Waals surface area contributed by atoms with Crippen molar-refractivity contribution in [3.8, 4) is 0 Å². The highest BCUT2D eigenvalue weighted by Gasteiger charge is 2.29. The molecule has 0 spiro atoms. The molecule has 15 heavy (non-hydrogen) atoms. The van der Waals surface area contributed by atoms with Gasteiger partial charge in [-0.3, -0.25) is 9.59 Å². The summed E-state index contributed by atoms with van der Waals surface area (Å²) in [5, 5.41) is 5.44. The zero-order valence-electron chi connectivity index (χ0n) is 8.41. The predicted octanol–water partition coefficient (Wildman–Crippen LogP) is 0.858. The molecule has 1 aliphatic rings. The highest BCUT2D eigenvalue weighted by Crippen LogP contribution is 2.31. The van der Waals surface area contributed by atoms with E-state index in [1.165, 1.54) is 6.92 Å². The van der Waals surface area contributed by atoms with Crippen molar-refractivity contribution in [1.82, 2.24) is 5.32 Å². The average molecular weight is 204 g/mol. The molecule has 0 aromatic heterocycles. The Kier molecular flexibility index (Phi) is 2.41. The maximum absolute atomic E-state index is 11.6. The summed E-state index contributed by atoms with van der Waals surface area (Å²) in [5.74, 6) is -0.428. The minimum Gasteiger partial charge on any atom is -0.355 e.